The molecule has 1 aromatic heterocycles. The number of ether oxygens (including phenoxy) is 1. The molecule has 0 saturated carbocycles. The highest BCUT2D eigenvalue weighted by Gasteiger charge is 2.14. The van der Waals surface area contributed by atoms with E-state index in [2.05, 4.69) is 15.8 Å². The maximum Gasteiger partial charge on any atom is 0.271 e. The van der Waals surface area contributed by atoms with Gasteiger partial charge in [-0.15, -0.1) is 0 Å². The van der Waals surface area contributed by atoms with Gasteiger partial charge in [0.05, 0.1) is 24.6 Å². The number of hydrogen-bond donors (Lipinski definition) is 2. The normalized spacial score (nSPS) is 13.2. The zero-order valence-electron chi connectivity index (χ0n) is 13.9. The number of methoxy groups -OCH3 is 1. The Morgan fingerprint density at radius 2 is 2.23 bits per heavy atom. The highest BCUT2D eigenvalue weighted by atomic mass is 35.5. The molecule has 0 saturated heterocycles. The van der Waals surface area contributed by atoms with E-state index in [-0.39, 0.29) is 11.8 Å². The molecule has 8 heteroatoms. The first-order chi connectivity index (χ1) is 12.6. The van der Waals surface area contributed by atoms with Gasteiger partial charge in [0.15, 0.2) is 5.82 Å². The van der Waals surface area contributed by atoms with E-state index in [0.29, 0.717) is 22.8 Å². The van der Waals surface area contributed by atoms with Crippen molar-refractivity contribution < 1.29 is 13.9 Å². The summed E-state index contributed by atoms with van der Waals surface area (Å²) < 4.78 is 18.4. The van der Waals surface area contributed by atoms with Gasteiger partial charge in [-0.3, -0.25) is 15.6 Å². The Hall–Kier alpha value is -3.06. The van der Waals surface area contributed by atoms with Crippen molar-refractivity contribution in [3.05, 3.63) is 71.3 Å². The van der Waals surface area contributed by atoms with Crippen molar-refractivity contribution in [1.82, 2.24) is 10.4 Å². The minimum Gasteiger partial charge on any atom is -0.479 e. The second-order valence-corrected chi connectivity index (χ2v) is 5.85. The third-order valence-corrected chi connectivity index (χ3v) is 3.85. The molecule has 0 unspecified atom stereocenters. The van der Waals surface area contributed by atoms with E-state index in [1.807, 2.05) is 29.2 Å². The van der Waals surface area contributed by atoms with Crippen LogP contribution in [-0.2, 0) is 4.79 Å². The molecule has 6 nitrogen and oxygen atoms in total. The molecule has 1 aliphatic rings. The van der Waals surface area contributed by atoms with Gasteiger partial charge in [0.2, 0.25) is 5.88 Å². The highest BCUT2D eigenvalue weighted by Crippen LogP contribution is 2.22. The van der Waals surface area contributed by atoms with Gasteiger partial charge < -0.3 is 9.64 Å². The number of rotatable bonds is 5. The SMILES string of the molecule is COc1ncc(NNC(=O)C2=CN(c3cccc(Cl)c3)CC=C2)cc1F. The maximum absolute atomic E-state index is 13.6. The van der Waals surface area contributed by atoms with Crippen LogP contribution in [0.2, 0.25) is 5.02 Å². The van der Waals surface area contributed by atoms with Crippen LogP contribution in [0.3, 0.4) is 0 Å². The Morgan fingerprint density at radius 1 is 1.38 bits per heavy atom. The van der Waals surface area contributed by atoms with E-state index in [4.69, 9.17) is 16.3 Å². The number of aromatic nitrogens is 1. The molecule has 26 heavy (non-hydrogen) atoms. The number of pyridine rings is 1. The third kappa shape index (κ3) is 4.12. The number of carbonyl (C=O) groups is 1. The summed E-state index contributed by atoms with van der Waals surface area (Å²) in [7, 11) is 1.33. The van der Waals surface area contributed by atoms with Gasteiger partial charge in [-0.1, -0.05) is 29.8 Å². The van der Waals surface area contributed by atoms with Crippen LogP contribution in [0.25, 0.3) is 0 Å². The van der Waals surface area contributed by atoms with Crippen molar-refractivity contribution in [3.8, 4) is 5.88 Å². The predicted molar refractivity (Wildman–Crippen MR) is 98.5 cm³/mol. The minimum absolute atomic E-state index is 0.114. The monoisotopic (exact) mass is 374 g/mol. The summed E-state index contributed by atoms with van der Waals surface area (Å²) in [6.45, 7) is 0.623. The molecule has 1 aliphatic heterocycles. The Balaban J connectivity index is 1.67. The molecule has 2 heterocycles. The molecule has 0 spiro atoms. The Morgan fingerprint density at radius 3 is 2.96 bits per heavy atom. The summed E-state index contributed by atoms with van der Waals surface area (Å²) >= 11 is 6.01. The fourth-order valence-electron chi connectivity index (χ4n) is 2.37. The van der Waals surface area contributed by atoms with Gasteiger partial charge in [-0.05, 0) is 18.2 Å². The number of amides is 1. The summed E-state index contributed by atoms with van der Waals surface area (Å²) in [5.74, 6) is -1.11. The van der Waals surface area contributed by atoms with Crippen molar-refractivity contribution in [3.63, 3.8) is 0 Å². The molecule has 3 rings (SSSR count). The third-order valence-electron chi connectivity index (χ3n) is 3.62. The van der Waals surface area contributed by atoms with Crippen LogP contribution in [-0.4, -0.2) is 24.5 Å². The van der Waals surface area contributed by atoms with E-state index in [1.54, 1.807) is 18.3 Å². The number of anilines is 2. The molecule has 0 bridgehead atoms. The number of hydrazine groups is 1. The quantitative estimate of drug-likeness (QED) is 0.786. The number of nitrogens with one attached hydrogen (secondary N) is 2. The Kier molecular flexibility index (Phi) is 5.38. The van der Waals surface area contributed by atoms with Crippen molar-refractivity contribution >= 4 is 28.9 Å². The number of halogens is 2. The van der Waals surface area contributed by atoms with Crippen molar-refractivity contribution in [2.24, 2.45) is 0 Å². The molecule has 1 amide bonds. The minimum atomic E-state index is -0.629. The van der Waals surface area contributed by atoms with Gasteiger partial charge in [0.25, 0.3) is 5.91 Å². The number of hydrogen-bond acceptors (Lipinski definition) is 5. The number of nitrogens with zero attached hydrogens (tertiary/aromatic N) is 2. The second kappa shape index (κ2) is 7.88. The van der Waals surface area contributed by atoms with Crippen LogP contribution in [0.15, 0.2) is 60.5 Å². The van der Waals surface area contributed by atoms with E-state index >= 15 is 0 Å². The summed E-state index contributed by atoms with van der Waals surface area (Å²) in [6.07, 6.45) is 6.65. The summed E-state index contributed by atoms with van der Waals surface area (Å²) in [4.78, 5) is 18.0. The van der Waals surface area contributed by atoms with Crippen LogP contribution >= 0.6 is 11.6 Å². The van der Waals surface area contributed by atoms with Gasteiger partial charge in [0, 0.05) is 29.5 Å². The first-order valence-corrected chi connectivity index (χ1v) is 8.11. The number of benzene rings is 1. The highest BCUT2D eigenvalue weighted by molar-refractivity contribution is 6.30. The molecule has 2 N–H and O–H groups in total. The zero-order valence-corrected chi connectivity index (χ0v) is 14.6. The summed E-state index contributed by atoms with van der Waals surface area (Å²) in [6, 6.07) is 8.53. The average Bonchev–Trinajstić information content (AvgIpc) is 2.66. The van der Waals surface area contributed by atoms with Gasteiger partial charge >= 0.3 is 0 Å². The molecule has 2 aromatic rings. The van der Waals surface area contributed by atoms with Crippen LogP contribution in [0, 0.1) is 5.82 Å². The smallest absolute Gasteiger partial charge is 0.271 e. The van der Waals surface area contributed by atoms with Gasteiger partial charge in [-0.2, -0.15) is 0 Å². The fraction of sp³-hybridized carbons (Fsp3) is 0.111. The molecule has 134 valence electrons. The zero-order chi connectivity index (χ0) is 18.5. The first kappa shape index (κ1) is 17.8. The standard InChI is InChI=1S/C18H16ClFN4O2/c1-26-18-16(20)9-14(10-21-18)22-23-17(25)12-4-3-7-24(11-12)15-6-2-5-13(19)8-15/h2-6,8-11,22H,7H2,1H3,(H,23,25). The molecular weight excluding hydrogens is 359 g/mol. The molecule has 1 aromatic carbocycles. The molecule has 0 atom stereocenters. The van der Waals surface area contributed by atoms with E-state index < -0.39 is 5.82 Å². The molecule has 0 fully saturated rings. The van der Waals surface area contributed by atoms with E-state index in [1.165, 1.54) is 19.4 Å². The first-order valence-electron chi connectivity index (χ1n) is 7.73. The number of carbonyl (C=O) groups excluding carboxylic acids is 1. The van der Waals surface area contributed by atoms with Crippen LogP contribution in [0.5, 0.6) is 5.88 Å². The molecule has 0 aliphatic carbocycles. The second-order valence-electron chi connectivity index (χ2n) is 5.41. The van der Waals surface area contributed by atoms with Crippen LogP contribution in [0.4, 0.5) is 15.8 Å². The van der Waals surface area contributed by atoms with Crippen LogP contribution in [0.1, 0.15) is 0 Å². The van der Waals surface area contributed by atoms with Crippen molar-refractivity contribution in [1.29, 1.82) is 0 Å². The lowest BCUT2D eigenvalue weighted by atomic mass is 10.1. The predicted octanol–water partition coefficient (Wildman–Crippen LogP) is 3.29. The van der Waals surface area contributed by atoms with Gasteiger partial charge in [-0.25, -0.2) is 9.37 Å². The van der Waals surface area contributed by atoms with Crippen LogP contribution < -0.4 is 20.5 Å². The van der Waals surface area contributed by atoms with Crippen molar-refractivity contribution in [2.75, 3.05) is 24.0 Å². The molecular formula is C18H16ClFN4O2. The summed E-state index contributed by atoms with van der Waals surface area (Å²) in [5.41, 5.74) is 6.74. The average molecular weight is 375 g/mol. The fourth-order valence-corrected chi connectivity index (χ4v) is 2.56. The van der Waals surface area contributed by atoms with Gasteiger partial charge in [0.1, 0.15) is 0 Å². The Labute approximate surface area is 154 Å². The largest absolute Gasteiger partial charge is 0.479 e. The van der Waals surface area contributed by atoms with E-state index in [0.717, 1.165) is 5.69 Å². The topological polar surface area (TPSA) is 66.5 Å². The lowest BCUT2D eigenvalue weighted by Crippen LogP contribution is -2.32. The summed E-state index contributed by atoms with van der Waals surface area (Å²) in [5, 5.41) is 0.618. The molecule has 0 radical (unpaired) electrons. The lowest BCUT2D eigenvalue weighted by Gasteiger charge is -2.23. The Bertz CT molecular complexity index is 885. The lowest BCUT2D eigenvalue weighted by molar-refractivity contribution is -0.116. The van der Waals surface area contributed by atoms with E-state index in [9.17, 15) is 9.18 Å². The maximum atomic E-state index is 13.6. The van der Waals surface area contributed by atoms with Crippen molar-refractivity contribution in [2.45, 2.75) is 0 Å².